The predicted octanol–water partition coefficient (Wildman–Crippen LogP) is 4.23. The summed E-state index contributed by atoms with van der Waals surface area (Å²) in [4.78, 5) is 1.33. The van der Waals surface area contributed by atoms with Gasteiger partial charge in [-0.15, -0.1) is 11.8 Å². The molecule has 0 aromatic heterocycles. The molecular formula is C15H23NOS. The molecule has 0 fully saturated rings. The minimum absolute atomic E-state index is 0.136. The van der Waals surface area contributed by atoms with Crippen LogP contribution in [0.25, 0.3) is 0 Å². The Labute approximate surface area is 114 Å². The van der Waals surface area contributed by atoms with Crippen LogP contribution in [0.2, 0.25) is 0 Å². The molecule has 0 saturated heterocycles. The summed E-state index contributed by atoms with van der Waals surface area (Å²) in [6, 6.07) is 6.87. The van der Waals surface area contributed by atoms with Crippen molar-refractivity contribution in [1.82, 2.24) is 5.06 Å². The van der Waals surface area contributed by atoms with E-state index in [1.165, 1.54) is 21.1 Å². The van der Waals surface area contributed by atoms with Gasteiger partial charge in [-0.3, -0.25) is 0 Å². The van der Waals surface area contributed by atoms with E-state index in [-0.39, 0.29) is 11.5 Å². The maximum absolute atomic E-state index is 9.87. The van der Waals surface area contributed by atoms with Crippen LogP contribution in [0, 0.1) is 0 Å². The first-order chi connectivity index (χ1) is 8.39. The van der Waals surface area contributed by atoms with Gasteiger partial charge in [0.1, 0.15) is 0 Å². The number of rotatable bonds is 1. The Balaban J connectivity index is 2.46. The van der Waals surface area contributed by atoms with Crippen LogP contribution in [0.5, 0.6) is 0 Å². The molecule has 1 N–H and O–H groups in total. The average Bonchev–Trinajstić information content (AvgIpc) is 2.48. The van der Waals surface area contributed by atoms with E-state index in [9.17, 15) is 5.21 Å². The zero-order valence-corrected chi connectivity index (χ0v) is 12.5. The van der Waals surface area contributed by atoms with Crippen molar-refractivity contribution in [2.24, 2.45) is 0 Å². The second-order valence-electron chi connectivity index (χ2n) is 6.08. The van der Waals surface area contributed by atoms with Crippen molar-refractivity contribution in [2.75, 3.05) is 12.8 Å². The lowest BCUT2D eigenvalue weighted by Gasteiger charge is -2.26. The summed E-state index contributed by atoms with van der Waals surface area (Å²) in [5.74, 6) is 1.15. The molecule has 1 atom stereocenters. The Bertz CT molecular complexity index is 423. The van der Waals surface area contributed by atoms with Crippen LogP contribution in [0.1, 0.15) is 50.8 Å². The number of hydrogen-bond acceptors (Lipinski definition) is 3. The molecule has 0 amide bonds. The van der Waals surface area contributed by atoms with E-state index >= 15 is 0 Å². The highest BCUT2D eigenvalue weighted by molar-refractivity contribution is 7.99. The summed E-state index contributed by atoms with van der Waals surface area (Å²) in [6.45, 7) is 6.70. The van der Waals surface area contributed by atoms with Crippen LogP contribution in [-0.4, -0.2) is 23.1 Å². The standard InChI is InChI=1S/C15H23NOS/c1-15(2,3)11-7-8-14-12(10-11)13(16(4)17)6-5-9-18-14/h7-8,10,13,17H,5-6,9H2,1-4H3. The molecule has 0 bridgehead atoms. The third-order valence-corrected chi connectivity index (χ3v) is 4.74. The van der Waals surface area contributed by atoms with Gasteiger partial charge < -0.3 is 5.21 Å². The van der Waals surface area contributed by atoms with Gasteiger partial charge in [-0.1, -0.05) is 32.9 Å². The molecular weight excluding hydrogens is 242 g/mol. The molecule has 2 nitrogen and oxygen atoms in total. The molecule has 18 heavy (non-hydrogen) atoms. The van der Waals surface area contributed by atoms with Gasteiger partial charge in [-0.05, 0) is 41.2 Å². The maximum atomic E-state index is 9.87. The smallest absolute Gasteiger partial charge is 0.0607 e. The number of benzene rings is 1. The lowest BCUT2D eigenvalue weighted by molar-refractivity contribution is -0.107. The molecule has 1 unspecified atom stereocenters. The van der Waals surface area contributed by atoms with Gasteiger partial charge in [-0.25, -0.2) is 0 Å². The molecule has 0 aliphatic carbocycles. The molecule has 1 aromatic carbocycles. The summed E-state index contributed by atoms with van der Waals surface area (Å²) < 4.78 is 0. The zero-order chi connectivity index (χ0) is 13.3. The monoisotopic (exact) mass is 265 g/mol. The Morgan fingerprint density at radius 1 is 1.33 bits per heavy atom. The molecule has 0 saturated carbocycles. The van der Waals surface area contributed by atoms with Crippen molar-refractivity contribution in [3.63, 3.8) is 0 Å². The van der Waals surface area contributed by atoms with Crippen molar-refractivity contribution in [2.45, 2.75) is 50.0 Å². The van der Waals surface area contributed by atoms with Crippen LogP contribution in [0.15, 0.2) is 23.1 Å². The van der Waals surface area contributed by atoms with Gasteiger partial charge in [0.25, 0.3) is 0 Å². The number of hydrogen-bond donors (Lipinski definition) is 1. The lowest BCUT2D eigenvalue weighted by atomic mass is 9.85. The van der Waals surface area contributed by atoms with Crippen molar-refractivity contribution < 1.29 is 5.21 Å². The van der Waals surface area contributed by atoms with E-state index < -0.39 is 0 Å². The Morgan fingerprint density at radius 2 is 2.06 bits per heavy atom. The molecule has 100 valence electrons. The zero-order valence-electron chi connectivity index (χ0n) is 11.7. The van der Waals surface area contributed by atoms with Crippen LogP contribution in [0.4, 0.5) is 0 Å². The van der Waals surface area contributed by atoms with Crippen molar-refractivity contribution in [1.29, 1.82) is 0 Å². The van der Waals surface area contributed by atoms with E-state index in [0.717, 1.165) is 18.6 Å². The minimum atomic E-state index is 0.136. The third kappa shape index (κ3) is 2.90. The summed E-state index contributed by atoms with van der Waals surface area (Å²) in [6.07, 6.45) is 2.18. The predicted molar refractivity (Wildman–Crippen MR) is 77.4 cm³/mol. The summed E-state index contributed by atoms with van der Waals surface area (Å²) in [7, 11) is 1.76. The summed E-state index contributed by atoms with van der Waals surface area (Å²) in [5.41, 5.74) is 2.79. The van der Waals surface area contributed by atoms with E-state index in [1.54, 1.807) is 7.05 Å². The first kappa shape index (κ1) is 13.9. The number of thioether (sulfide) groups is 1. The highest BCUT2D eigenvalue weighted by Gasteiger charge is 2.24. The third-order valence-electron chi connectivity index (χ3n) is 3.57. The molecule has 1 aromatic rings. The number of fused-ring (bicyclic) bond motifs is 1. The highest BCUT2D eigenvalue weighted by atomic mass is 32.2. The Kier molecular flexibility index (Phi) is 4.05. The van der Waals surface area contributed by atoms with Gasteiger partial charge in [0.2, 0.25) is 0 Å². The highest BCUT2D eigenvalue weighted by Crippen LogP contribution is 2.39. The van der Waals surface area contributed by atoms with Crippen molar-refractivity contribution >= 4 is 11.8 Å². The topological polar surface area (TPSA) is 23.5 Å². The summed E-state index contributed by atoms with van der Waals surface area (Å²) >= 11 is 1.91. The Morgan fingerprint density at radius 3 is 2.67 bits per heavy atom. The normalized spacial score (nSPS) is 20.7. The van der Waals surface area contributed by atoms with Gasteiger partial charge in [0.05, 0.1) is 6.04 Å². The summed E-state index contributed by atoms with van der Waals surface area (Å²) in [5, 5.41) is 11.2. The van der Waals surface area contributed by atoms with Crippen LogP contribution >= 0.6 is 11.8 Å². The molecule has 0 radical (unpaired) electrons. The largest absolute Gasteiger partial charge is 0.314 e. The van der Waals surface area contributed by atoms with Gasteiger partial charge in [0, 0.05) is 11.9 Å². The second-order valence-corrected chi connectivity index (χ2v) is 7.22. The van der Waals surface area contributed by atoms with Crippen LogP contribution in [-0.2, 0) is 5.41 Å². The molecule has 1 aliphatic rings. The first-order valence-corrected chi connectivity index (χ1v) is 7.57. The fourth-order valence-corrected chi connectivity index (χ4v) is 3.47. The molecule has 2 rings (SSSR count). The van der Waals surface area contributed by atoms with E-state index in [0.29, 0.717) is 0 Å². The number of nitrogens with zero attached hydrogens (tertiary/aromatic N) is 1. The molecule has 1 heterocycles. The van der Waals surface area contributed by atoms with Gasteiger partial charge in [-0.2, -0.15) is 5.06 Å². The quantitative estimate of drug-likeness (QED) is 0.769. The fraction of sp³-hybridized carbons (Fsp3) is 0.600. The first-order valence-electron chi connectivity index (χ1n) is 6.58. The van der Waals surface area contributed by atoms with Crippen molar-refractivity contribution in [3.8, 4) is 0 Å². The van der Waals surface area contributed by atoms with Crippen molar-refractivity contribution in [3.05, 3.63) is 29.3 Å². The van der Waals surface area contributed by atoms with Gasteiger partial charge >= 0.3 is 0 Å². The second kappa shape index (κ2) is 5.24. The molecule has 0 spiro atoms. The van der Waals surface area contributed by atoms with E-state index in [4.69, 9.17) is 0 Å². The molecule has 1 aliphatic heterocycles. The number of hydroxylamine groups is 2. The van der Waals surface area contributed by atoms with Gasteiger partial charge in [0.15, 0.2) is 0 Å². The van der Waals surface area contributed by atoms with E-state index in [2.05, 4.69) is 39.0 Å². The Hall–Kier alpha value is -0.510. The fourth-order valence-electron chi connectivity index (χ4n) is 2.41. The molecule has 3 heteroatoms. The van der Waals surface area contributed by atoms with E-state index in [1.807, 2.05) is 11.8 Å². The average molecular weight is 265 g/mol. The van der Waals surface area contributed by atoms with Crippen LogP contribution in [0.3, 0.4) is 0 Å². The maximum Gasteiger partial charge on any atom is 0.0607 e. The SMILES string of the molecule is CN(O)C1CCCSc2ccc(C(C)(C)C)cc21. The lowest BCUT2D eigenvalue weighted by Crippen LogP contribution is -2.21. The van der Waals surface area contributed by atoms with Crippen LogP contribution < -0.4 is 0 Å². The minimum Gasteiger partial charge on any atom is -0.314 e.